The number of halogens is 1. The van der Waals surface area contributed by atoms with Gasteiger partial charge in [0.1, 0.15) is 0 Å². The first kappa shape index (κ1) is 29.4. The third-order valence-electron chi connectivity index (χ3n) is 10.3. The third kappa shape index (κ3) is 4.35. The van der Waals surface area contributed by atoms with Crippen LogP contribution in [0.15, 0.2) is 23.8 Å². The molecular formula is C30H42FNO7. The number of allylic oxidation sites excluding steroid dienone is 4. The van der Waals surface area contributed by atoms with Crippen molar-refractivity contribution in [1.29, 1.82) is 0 Å². The molecule has 0 spiro atoms. The molecule has 8 nitrogen and oxygen atoms in total. The molecule has 216 valence electrons. The monoisotopic (exact) mass is 547 g/mol. The van der Waals surface area contributed by atoms with E-state index >= 15 is 4.39 Å². The number of ether oxygens (including phenoxy) is 2. The van der Waals surface area contributed by atoms with E-state index in [1.807, 2.05) is 6.92 Å². The number of aliphatic hydroxyl groups is 1. The summed E-state index contributed by atoms with van der Waals surface area (Å²) < 4.78 is 28.6. The van der Waals surface area contributed by atoms with Gasteiger partial charge in [-0.25, -0.2) is 9.18 Å². The minimum Gasteiger partial charge on any atom is -0.458 e. The first-order chi connectivity index (χ1) is 18.3. The number of alkyl carbamates (subject to hydrolysis) is 1. The van der Waals surface area contributed by atoms with Gasteiger partial charge in [-0.05, 0) is 57.1 Å². The maximum absolute atomic E-state index is 17.5. The van der Waals surface area contributed by atoms with Gasteiger partial charge in [0.25, 0.3) is 0 Å². The summed E-state index contributed by atoms with van der Waals surface area (Å²) in [6.45, 7) is 8.38. The number of esters is 1. The molecule has 0 saturated heterocycles. The first-order valence-corrected chi connectivity index (χ1v) is 14.2. The number of ketones is 2. The molecule has 0 aromatic rings. The lowest BCUT2D eigenvalue weighted by Crippen LogP contribution is -2.70. The van der Waals surface area contributed by atoms with E-state index < -0.39 is 70.4 Å². The van der Waals surface area contributed by atoms with Crippen molar-refractivity contribution >= 4 is 23.6 Å². The Bertz CT molecular complexity index is 1100. The molecule has 0 heterocycles. The zero-order chi connectivity index (χ0) is 28.8. The minimum atomic E-state index is -2.07. The molecular weight excluding hydrogens is 505 g/mol. The van der Waals surface area contributed by atoms with Gasteiger partial charge in [0.2, 0.25) is 5.78 Å². The van der Waals surface area contributed by atoms with Crippen molar-refractivity contribution in [2.24, 2.45) is 28.6 Å². The number of nitrogens with one attached hydrogen (secondary N) is 1. The van der Waals surface area contributed by atoms with Crippen molar-refractivity contribution in [2.75, 3.05) is 13.2 Å². The number of Topliss-reactive ketones (excluding diaryl/α,β-unsaturated/α-hetero) is 1. The van der Waals surface area contributed by atoms with Crippen molar-refractivity contribution < 1.29 is 38.1 Å². The molecule has 4 aliphatic carbocycles. The largest absolute Gasteiger partial charge is 0.458 e. The molecule has 2 N–H and O–H groups in total. The van der Waals surface area contributed by atoms with Crippen molar-refractivity contribution in [3.8, 4) is 0 Å². The van der Waals surface area contributed by atoms with Crippen LogP contribution >= 0.6 is 0 Å². The van der Waals surface area contributed by atoms with Crippen LogP contribution in [0.5, 0.6) is 0 Å². The number of fused-ring (bicyclic) bond motifs is 5. The zero-order valence-corrected chi connectivity index (χ0v) is 23.7. The van der Waals surface area contributed by atoms with Crippen LogP contribution in [0.3, 0.4) is 0 Å². The summed E-state index contributed by atoms with van der Waals surface area (Å²) in [7, 11) is 0. The van der Waals surface area contributed by atoms with Crippen LogP contribution in [0.1, 0.15) is 79.6 Å². The lowest BCUT2D eigenvalue weighted by molar-refractivity contribution is -0.219. The van der Waals surface area contributed by atoms with Crippen LogP contribution in [0.2, 0.25) is 0 Å². The van der Waals surface area contributed by atoms with Crippen LogP contribution in [0.4, 0.5) is 9.18 Å². The summed E-state index contributed by atoms with van der Waals surface area (Å²) in [6.07, 6.45) is 5.99. The van der Waals surface area contributed by atoms with Gasteiger partial charge in [-0.3, -0.25) is 14.4 Å². The molecule has 3 fully saturated rings. The van der Waals surface area contributed by atoms with E-state index in [4.69, 9.17) is 9.47 Å². The van der Waals surface area contributed by atoms with Crippen LogP contribution in [-0.2, 0) is 23.9 Å². The summed E-state index contributed by atoms with van der Waals surface area (Å²) in [4.78, 5) is 50.7. The summed E-state index contributed by atoms with van der Waals surface area (Å²) in [5, 5.41) is 14.4. The highest BCUT2D eigenvalue weighted by atomic mass is 19.1. The average molecular weight is 548 g/mol. The fourth-order valence-electron chi connectivity index (χ4n) is 8.42. The van der Waals surface area contributed by atoms with Crippen molar-refractivity contribution in [2.45, 2.75) is 96.9 Å². The second-order valence-corrected chi connectivity index (χ2v) is 12.4. The maximum atomic E-state index is 17.5. The fraction of sp³-hybridized carbons (Fsp3) is 0.733. The number of aliphatic hydroxyl groups excluding tert-OH is 1. The van der Waals surface area contributed by atoms with Crippen molar-refractivity contribution in [3.63, 3.8) is 0 Å². The molecule has 4 rings (SSSR count). The molecule has 0 aliphatic heterocycles. The van der Waals surface area contributed by atoms with E-state index in [2.05, 4.69) is 5.32 Å². The lowest BCUT2D eigenvalue weighted by atomic mass is 9.44. The van der Waals surface area contributed by atoms with Gasteiger partial charge in [0.15, 0.2) is 23.7 Å². The molecule has 9 heteroatoms. The number of hydrogen-bond acceptors (Lipinski definition) is 7. The smallest absolute Gasteiger partial charge is 0.408 e. The Labute approximate surface area is 229 Å². The van der Waals surface area contributed by atoms with Crippen molar-refractivity contribution in [1.82, 2.24) is 5.32 Å². The standard InChI is InChI=1S/C30H42FNO7/c1-6-7-8-13-32-26(37)39-30(25(36)17-38-19(3)33)18(2)14-23-22-10-9-20-15-21(34)11-12-27(20,4)29(22,31)24(35)16-28(23,30)5/h11-12,15,18,22-24,35H,6-10,13-14,16-17H2,1-5H3,(H,32,37)/t18-,22?,23?,24-,27-,28-,29?,30+/m0/s1. The maximum Gasteiger partial charge on any atom is 0.408 e. The van der Waals surface area contributed by atoms with E-state index in [1.165, 1.54) is 19.1 Å². The highest BCUT2D eigenvalue weighted by Crippen LogP contribution is 2.71. The van der Waals surface area contributed by atoms with Crippen LogP contribution in [-0.4, -0.2) is 59.3 Å². The quantitative estimate of drug-likeness (QED) is 0.342. The fourth-order valence-corrected chi connectivity index (χ4v) is 8.42. The molecule has 8 atom stereocenters. The Morgan fingerprint density at radius 2 is 1.92 bits per heavy atom. The van der Waals surface area contributed by atoms with Crippen LogP contribution < -0.4 is 5.32 Å². The number of carbonyl (C=O) groups is 4. The van der Waals surface area contributed by atoms with E-state index in [9.17, 15) is 24.3 Å². The molecule has 0 aromatic carbocycles. The molecule has 4 aliphatic rings. The van der Waals surface area contributed by atoms with Gasteiger partial charge in [-0.15, -0.1) is 0 Å². The highest BCUT2D eigenvalue weighted by Gasteiger charge is 2.77. The molecule has 1 amide bonds. The van der Waals surface area contributed by atoms with Crippen molar-refractivity contribution in [3.05, 3.63) is 23.8 Å². The number of alkyl halides is 1. The van der Waals surface area contributed by atoms with E-state index in [1.54, 1.807) is 26.8 Å². The summed E-state index contributed by atoms with van der Waals surface area (Å²) >= 11 is 0. The topological polar surface area (TPSA) is 119 Å². The number of rotatable bonds is 8. The molecule has 0 radical (unpaired) electrons. The van der Waals surface area contributed by atoms with Gasteiger partial charge in [-0.1, -0.05) is 45.3 Å². The minimum absolute atomic E-state index is 0.130. The third-order valence-corrected chi connectivity index (χ3v) is 10.3. The number of amides is 1. The Balaban J connectivity index is 1.74. The second kappa shape index (κ2) is 10.5. The Hall–Kier alpha value is -2.55. The SMILES string of the molecule is CCCCCNC(=O)O[C@@]1(C(=O)COC(C)=O)[C@@H](C)CC2C3CCC4=CC(=O)C=C[C@]4(C)C3(F)[C@@H](O)C[C@@]21C. The Kier molecular flexibility index (Phi) is 7.89. The van der Waals surface area contributed by atoms with Crippen LogP contribution in [0.25, 0.3) is 0 Å². The molecule has 3 unspecified atom stereocenters. The summed E-state index contributed by atoms with van der Waals surface area (Å²) in [5.41, 5.74) is -5.41. The normalized spacial score (nSPS) is 40.6. The highest BCUT2D eigenvalue weighted by molar-refractivity contribution is 6.01. The van der Waals surface area contributed by atoms with E-state index in [0.29, 0.717) is 31.4 Å². The molecule has 0 aromatic heterocycles. The summed E-state index contributed by atoms with van der Waals surface area (Å²) in [6, 6.07) is 0. The van der Waals surface area contributed by atoms with Gasteiger partial charge in [0.05, 0.1) is 6.10 Å². The molecule has 3 saturated carbocycles. The average Bonchev–Trinajstić information content (AvgIpc) is 3.08. The Morgan fingerprint density at radius 1 is 1.21 bits per heavy atom. The Morgan fingerprint density at radius 3 is 2.59 bits per heavy atom. The van der Waals surface area contributed by atoms with E-state index in [-0.39, 0.29) is 12.2 Å². The van der Waals surface area contributed by atoms with Gasteiger partial charge >= 0.3 is 12.1 Å². The van der Waals surface area contributed by atoms with Crippen LogP contribution in [0, 0.1) is 28.6 Å². The lowest BCUT2D eigenvalue weighted by Gasteiger charge is -2.62. The first-order valence-electron chi connectivity index (χ1n) is 14.2. The summed E-state index contributed by atoms with van der Waals surface area (Å²) in [5.74, 6) is -2.96. The molecule has 39 heavy (non-hydrogen) atoms. The zero-order valence-electron chi connectivity index (χ0n) is 23.7. The number of carbonyl (C=O) groups excluding carboxylic acids is 4. The van der Waals surface area contributed by atoms with Gasteiger partial charge in [-0.2, -0.15) is 0 Å². The second-order valence-electron chi connectivity index (χ2n) is 12.4. The number of unbranched alkanes of at least 4 members (excludes halogenated alkanes) is 2. The van der Waals surface area contributed by atoms with Gasteiger partial charge < -0.3 is 19.9 Å². The predicted molar refractivity (Wildman–Crippen MR) is 141 cm³/mol. The van der Waals surface area contributed by atoms with Gasteiger partial charge in [0, 0.05) is 36.1 Å². The predicted octanol–water partition coefficient (Wildman–Crippen LogP) is 4.39. The number of hydrogen-bond donors (Lipinski definition) is 2. The molecule has 0 bridgehead atoms. The van der Waals surface area contributed by atoms with E-state index in [0.717, 1.165) is 19.3 Å².